The monoisotopic (exact) mass is 250 g/mol. The molecule has 0 spiro atoms. The summed E-state index contributed by atoms with van der Waals surface area (Å²) in [6, 6.07) is 9.93. The maximum Gasteiger partial charge on any atom is 0.308 e. The van der Waals surface area contributed by atoms with E-state index in [-0.39, 0.29) is 18.5 Å². The Morgan fingerprint density at radius 1 is 1.33 bits per heavy atom. The van der Waals surface area contributed by atoms with E-state index in [1.54, 1.807) is 20.8 Å². The minimum Gasteiger partial charge on any atom is -0.463 e. The fourth-order valence-corrected chi connectivity index (χ4v) is 1.76. The topological polar surface area (TPSA) is 46.5 Å². The molecule has 1 aromatic carbocycles. The summed E-state index contributed by atoms with van der Waals surface area (Å²) in [6.45, 7) is 5.28. The average Bonchev–Trinajstić information content (AvgIpc) is 2.26. The molecule has 1 unspecified atom stereocenters. The third kappa shape index (κ3) is 5.82. The van der Waals surface area contributed by atoms with Crippen LogP contribution < -0.4 is 0 Å². The molecule has 1 rings (SSSR count). The molecule has 0 aliphatic carbocycles. The number of esters is 1. The van der Waals surface area contributed by atoms with Crippen molar-refractivity contribution in [2.45, 2.75) is 51.7 Å². The third-order valence-corrected chi connectivity index (χ3v) is 2.69. The smallest absolute Gasteiger partial charge is 0.308 e. The fourth-order valence-electron chi connectivity index (χ4n) is 1.76. The Hall–Kier alpha value is -1.35. The normalized spacial score (nSPS) is 14.3. The van der Waals surface area contributed by atoms with Gasteiger partial charge in [0.05, 0.1) is 18.1 Å². The van der Waals surface area contributed by atoms with Gasteiger partial charge in [0.15, 0.2) is 0 Å². The summed E-state index contributed by atoms with van der Waals surface area (Å²) < 4.78 is 5.04. The Balaban J connectivity index is 2.42. The first-order chi connectivity index (χ1) is 8.39. The van der Waals surface area contributed by atoms with Crippen molar-refractivity contribution in [3.63, 3.8) is 0 Å². The van der Waals surface area contributed by atoms with E-state index in [0.717, 1.165) is 12.0 Å². The second kappa shape index (κ2) is 6.55. The number of ether oxygens (including phenoxy) is 1. The first-order valence-electron chi connectivity index (χ1n) is 6.35. The van der Waals surface area contributed by atoms with Crippen molar-refractivity contribution in [1.29, 1.82) is 0 Å². The number of carbonyl (C=O) groups is 1. The van der Waals surface area contributed by atoms with Crippen molar-refractivity contribution in [2.24, 2.45) is 0 Å². The van der Waals surface area contributed by atoms with Crippen LogP contribution in [0, 0.1) is 0 Å². The average molecular weight is 250 g/mol. The molecule has 0 bridgehead atoms. The lowest BCUT2D eigenvalue weighted by molar-refractivity contribution is -0.152. The molecule has 0 radical (unpaired) electrons. The number of carbonyl (C=O) groups excluding carboxylic acids is 1. The molecule has 0 aliphatic rings. The second-order valence-corrected chi connectivity index (χ2v) is 5.20. The summed E-state index contributed by atoms with van der Waals surface area (Å²) in [5.41, 5.74) is 0.150. The van der Waals surface area contributed by atoms with Gasteiger partial charge in [0.1, 0.15) is 0 Å². The quantitative estimate of drug-likeness (QED) is 0.790. The van der Waals surface area contributed by atoms with Gasteiger partial charge in [0.2, 0.25) is 0 Å². The van der Waals surface area contributed by atoms with Gasteiger partial charge in [-0.1, -0.05) is 30.3 Å². The lowest BCUT2D eigenvalue weighted by Crippen LogP contribution is -2.30. The highest BCUT2D eigenvalue weighted by Gasteiger charge is 2.25. The molecule has 3 heteroatoms. The minimum atomic E-state index is -1.01. The highest BCUT2D eigenvalue weighted by atomic mass is 16.5. The predicted molar refractivity (Wildman–Crippen MR) is 71.2 cm³/mol. The van der Waals surface area contributed by atoms with Crippen LogP contribution in [0.15, 0.2) is 30.3 Å². The van der Waals surface area contributed by atoms with Crippen LogP contribution in [0.2, 0.25) is 0 Å². The highest BCUT2D eigenvalue weighted by molar-refractivity contribution is 5.70. The van der Waals surface area contributed by atoms with E-state index >= 15 is 0 Å². The van der Waals surface area contributed by atoms with Crippen molar-refractivity contribution in [2.75, 3.05) is 0 Å². The molecule has 3 nitrogen and oxygen atoms in total. The SMILES string of the molecule is CC(C)OC(=O)CC(C)(O)CCc1ccccc1. The van der Waals surface area contributed by atoms with Gasteiger partial charge in [0.25, 0.3) is 0 Å². The molecule has 0 heterocycles. The second-order valence-electron chi connectivity index (χ2n) is 5.20. The number of hydrogen-bond donors (Lipinski definition) is 1. The number of aliphatic hydroxyl groups is 1. The predicted octanol–water partition coefficient (Wildman–Crippen LogP) is 2.71. The Bertz CT molecular complexity index is 369. The van der Waals surface area contributed by atoms with Crippen molar-refractivity contribution in [1.82, 2.24) is 0 Å². The zero-order valence-electron chi connectivity index (χ0n) is 11.3. The zero-order valence-corrected chi connectivity index (χ0v) is 11.3. The van der Waals surface area contributed by atoms with Crippen LogP contribution in [0.25, 0.3) is 0 Å². The third-order valence-electron chi connectivity index (χ3n) is 2.69. The first-order valence-corrected chi connectivity index (χ1v) is 6.35. The van der Waals surface area contributed by atoms with Crippen molar-refractivity contribution >= 4 is 5.97 Å². The van der Waals surface area contributed by atoms with Gasteiger partial charge in [0, 0.05) is 0 Å². The molecule has 1 atom stereocenters. The van der Waals surface area contributed by atoms with E-state index in [0.29, 0.717) is 6.42 Å². The van der Waals surface area contributed by atoms with Crippen LogP contribution in [0.4, 0.5) is 0 Å². The van der Waals surface area contributed by atoms with Crippen LogP contribution in [-0.4, -0.2) is 22.8 Å². The van der Waals surface area contributed by atoms with Crippen molar-refractivity contribution < 1.29 is 14.6 Å². The maximum absolute atomic E-state index is 11.5. The number of aryl methyl sites for hydroxylation is 1. The molecular formula is C15H22O3. The minimum absolute atomic E-state index is 0.0397. The fraction of sp³-hybridized carbons (Fsp3) is 0.533. The Kier molecular flexibility index (Phi) is 5.35. The first kappa shape index (κ1) is 14.7. The Morgan fingerprint density at radius 2 is 1.94 bits per heavy atom. The number of hydrogen-bond acceptors (Lipinski definition) is 3. The van der Waals surface area contributed by atoms with Gasteiger partial charge in [-0.15, -0.1) is 0 Å². The van der Waals surface area contributed by atoms with Gasteiger partial charge in [-0.05, 0) is 39.2 Å². The molecule has 1 N–H and O–H groups in total. The summed E-state index contributed by atoms with van der Waals surface area (Å²) in [4.78, 5) is 11.5. The number of benzene rings is 1. The lowest BCUT2D eigenvalue weighted by Gasteiger charge is -2.22. The summed E-state index contributed by atoms with van der Waals surface area (Å²) in [5.74, 6) is -0.344. The van der Waals surface area contributed by atoms with E-state index in [9.17, 15) is 9.90 Å². The van der Waals surface area contributed by atoms with Crippen LogP contribution in [0.1, 0.15) is 39.2 Å². The van der Waals surface area contributed by atoms with Gasteiger partial charge in [-0.2, -0.15) is 0 Å². The maximum atomic E-state index is 11.5. The standard InChI is InChI=1S/C15H22O3/c1-12(2)18-14(16)11-15(3,17)10-9-13-7-5-4-6-8-13/h4-8,12,17H,9-11H2,1-3H3. The largest absolute Gasteiger partial charge is 0.463 e. The van der Waals surface area contributed by atoms with E-state index < -0.39 is 5.60 Å². The van der Waals surface area contributed by atoms with E-state index in [1.807, 2.05) is 30.3 Å². The molecule has 0 saturated carbocycles. The molecule has 0 aromatic heterocycles. The van der Waals surface area contributed by atoms with E-state index in [4.69, 9.17) is 4.74 Å². The highest BCUT2D eigenvalue weighted by Crippen LogP contribution is 2.18. The molecular weight excluding hydrogens is 228 g/mol. The summed E-state index contributed by atoms with van der Waals surface area (Å²) >= 11 is 0. The van der Waals surface area contributed by atoms with E-state index in [1.165, 1.54) is 0 Å². The zero-order chi connectivity index (χ0) is 13.6. The molecule has 1 aromatic rings. The van der Waals surface area contributed by atoms with Gasteiger partial charge in [-0.25, -0.2) is 0 Å². The Morgan fingerprint density at radius 3 is 2.50 bits per heavy atom. The summed E-state index contributed by atoms with van der Waals surface area (Å²) in [6.07, 6.45) is 1.20. The lowest BCUT2D eigenvalue weighted by atomic mass is 9.94. The van der Waals surface area contributed by atoms with Crippen molar-refractivity contribution in [3.8, 4) is 0 Å². The number of rotatable bonds is 6. The van der Waals surface area contributed by atoms with Crippen LogP contribution >= 0.6 is 0 Å². The summed E-state index contributed by atoms with van der Waals surface area (Å²) in [7, 11) is 0. The van der Waals surface area contributed by atoms with Gasteiger partial charge < -0.3 is 9.84 Å². The molecule has 0 aliphatic heterocycles. The van der Waals surface area contributed by atoms with Crippen LogP contribution in [-0.2, 0) is 16.0 Å². The molecule has 100 valence electrons. The van der Waals surface area contributed by atoms with E-state index in [2.05, 4.69) is 0 Å². The Labute approximate surface area is 109 Å². The molecule has 0 fully saturated rings. The van der Waals surface area contributed by atoms with Crippen LogP contribution in [0.5, 0.6) is 0 Å². The molecule has 0 saturated heterocycles. The molecule has 0 amide bonds. The summed E-state index contributed by atoms with van der Waals surface area (Å²) in [5, 5.41) is 10.2. The molecule has 18 heavy (non-hydrogen) atoms. The van der Waals surface area contributed by atoms with Crippen LogP contribution in [0.3, 0.4) is 0 Å². The van der Waals surface area contributed by atoms with Crippen molar-refractivity contribution in [3.05, 3.63) is 35.9 Å². The van der Waals surface area contributed by atoms with Gasteiger partial charge in [-0.3, -0.25) is 4.79 Å². The van der Waals surface area contributed by atoms with Gasteiger partial charge >= 0.3 is 5.97 Å².